The standard InChI is InChI=1S/C39H35NO/c1-28-20-22-30(23-21-28)37(41)40-36-25-24-34(26-35(36)29(2)27-38(40,3)4)39(31-14-8-5-9-15-31,32-16-10-6-11-17-32)33-18-12-7-13-19-33/h5-27H,1-4H3. The van der Waals surface area contributed by atoms with Crippen LogP contribution >= 0.6 is 0 Å². The van der Waals surface area contributed by atoms with Crippen molar-refractivity contribution >= 4 is 17.2 Å². The van der Waals surface area contributed by atoms with Crippen LogP contribution in [0.5, 0.6) is 0 Å². The number of carbonyl (C=O) groups excluding carboxylic acids is 1. The number of nitrogens with zero attached hydrogens (tertiary/aromatic N) is 1. The minimum Gasteiger partial charge on any atom is -0.299 e. The molecule has 0 spiro atoms. The molecule has 1 amide bonds. The highest BCUT2D eigenvalue weighted by Gasteiger charge is 2.41. The summed E-state index contributed by atoms with van der Waals surface area (Å²) in [6, 6.07) is 46.8. The summed E-state index contributed by atoms with van der Waals surface area (Å²) in [5.41, 5.74) is 8.75. The van der Waals surface area contributed by atoms with E-state index in [4.69, 9.17) is 0 Å². The number of aryl methyl sites for hydroxylation is 1. The summed E-state index contributed by atoms with van der Waals surface area (Å²) in [5, 5.41) is 0. The number of anilines is 1. The third-order valence-electron chi connectivity index (χ3n) is 8.36. The monoisotopic (exact) mass is 533 g/mol. The molecule has 0 N–H and O–H groups in total. The molecule has 5 aromatic rings. The molecule has 0 radical (unpaired) electrons. The average molecular weight is 534 g/mol. The van der Waals surface area contributed by atoms with Crippen molar-refractivity contribution in [1.29, 1.82) is 0 Å². The van der Waals surface area contributed by atoms with E-state index >= 15 is 0 Å². The first-order chi connectivity index (χ1) is 19.8. The van der Waals surface area contributed by atoms with Gasteiger partial charge in [-0.05, 0) is 79.8 Å². The van der Waals surface area contributed by atoms with Gasteiger partial charge in [0.15, 0.2) is 0 Å². The van der Waals surface area contributed by atoms with Crippen LogP contribution in [0.4, 0.5) is 5.69 Å². The maximum atomic E-state index is 14.0. The second-order valence-corrected chi connectivity index (χ2v) is 11.6. The zero-order chi connectivity index (χ0) is 28.6. The molecule has 2 nitrogen and oxygen atoms in total. The SMILES string of the molecule is CC1=CC(C)(C)N(C(=O)c2ccc(C)cc2)c2ccc(C(c3ccccc3)(c3ccccc3)c3ccccc3)cc21. The van der Waals surface area contributed by atoms with Crippen LogP contribution in [0.1, 0.15) is 64.5 Å². The topological polar surface area (TPSA) is 20.3 Å². The van der Waals surface area contributed by atoms with Gasteiger partial charge in [0.1, 0.15) is 0 Å². The number of carbonyl (C=O) groups is 1. The van der Waals surface area contributed by atoms with Crippen LogP contribution in [0.3, 0.4) is 0 Å². The Labute approximate surface area is 243 Å². The molecular weight excluding hydrogens is 498 g/mol. The predicted molar refractivity (Wildman–Crippen MR) is 170 cm³/mol. The summed E-state index contributed by atoms with van der Waals surface area (Å²) in [5.74, 6) is 0.00758. The van der Waals surface area contributed by atoms with Gasteiger partial charge in [0.2, 0.25) is 0 Å². The summed E-state index contributed by atoms with van der Waals surface area (Å²) < 4.78 is 0. The molecule has 0 aromatic heterocycles. The fourth-order valence-electron chi connectivity index (χ4n) is 6.52. The number of amides is 1. The Hall–Kier alpha value is -4.69. The molecule has 2 heteroatoms. The van der Waals surface area contributed by atoms with Crippen molar-refractivity contribution in [1.82, 2.24) is 0 Å². The number of hydrogen-bond acceptors (Lipinski definition) is 1. The van der Waals surface area contributed by atoms with Crippen molar-refractivity contribution in [2.45, 2.75) is 38.6 Å². The largest absolute Gasteiger partial charge is 0.299 e. The number of allylic oxidation sites excluding steroid dienone is 1. The Kier molecular flexibility index (Phi) is 6.71. The highest BCUT2D eigenvalue weighted by molar-refractivity contribution is 6.10. The van der Waals surface area contributed by atoms with E-state index in [0.717, 1.165) is 22.4 Å². The van der Waals surface area contributed by atoms with Crippen LogP contribution in [0.2, 0.25) is 0 Å². The van der Waals surface area contributed by atoms with Gasteiger partial charge < -0.3 is 0 Å². The maximum Gasteiger partial charge on any atom is 0.259 e. The van der Waals surface area contributed by atoms with E-state index in [1.165, 1.54) is 22.3 Å². The minimum absolute atomic E-state index is 0.00758. The van der Waals surface area contributed by atoms with Crippen molar-refractivity contribution in [3.8, 4) is 0 Å². The molecule has 0 atom stereocenters. The molecule has 202 valence electrons. The second-order valence-electron chi connectivity index (χ2n) is 11.6. The van der Waals surface area contributed by atoms with Gasteiger partial charge in [0.05, 0.1) is 16.6 Å². The number of rotatable bonds is 5. The number of fused-ring (bicyclic) bond motifs is 1. The van der Waals surface area contributed by atoms with E-state index in [0.29, 0.717) is 5.56 Å². The van der Waals surface area contributed by atoms with Crippen LogP contribution in [0.25, 0.3) is 5.57 Å². The molecule has 6 rings (SSSR count). The van der Waals surface area contributed by atoms with Gasteiger partial charge in [-0.3, -0.25) is 9.69 Å². The molecule has 0 saturated carbocycles. The minimum atomic E-state index is -0.544. The fourth-order valence-corrected chi connectivity index (χ4v) is 6.52. The van der Waals surface area contributed by atoms with Gasteiger partial charge in [0.25, 0.3) is 5.91 Å². The van der Waals surface area contributed by atoms with E-state index in [9.17, 15) is 4.79 Å². The zero-order valence-electron chi connectivity index (χ0n) is 24.1. The molecular formula is C39H35NO. The molecule has 0 fully saturated rings. The predicted octanol–water partition coefficient (Wildman–Crippen LogP) is 9.22. The lowest BCUT2D eigenvalue weighted by Gasteiger charge is -2.43. The quantitative estimate of drug-likeness (QED) is 0.206. The Morgan fingerprint density at radius 3 is 1.59 bits per heavy atom. The summed E-state index contributed by atoms with van der Waals surface area (Å²) in [6.07, 6.45) is 2.22. The van der Waals surface area contributed by atoms with Crippen LogP contribution < -0.4 is 4.90 Å². The van der Waals surface area contributed by atoms with Crippen molar-refractivity contribution in [2.24, 2.45) is 0 Å². The first-order valence-corrected chi connectivity index (χ1v) is 14.2. The van der Waals surface area contributed by atoms with Crippen LogP contribution in [0.15, 0.2) is 140 Å². The molecule has 0 saturated heterocycles. The number of hydrogen-bond donors (Lipinski definition) is 0. The third-order valence-corrected chi connectivity index (χ3v) is 8.36. The summed E-state index contributed by atoms with van der Waals surface area (Å²) >= 11 is 0. The highest BCUT2D eigenvalue weighted by atomic mass is 16.2. The Bertz CT molecular complexity index is 1620. The van der Waals surface area contributed by atoms with Crippen molar-refractivity contribution < 1.29 is 4.79 Å². The molecule has 1 aliphatic rings. The molecule has 0 unspecified atom stereocenters. The maximum absolute atomic E-state index is 14.0. The van der Waals surface area contributed by atoms with Crippen molar-refractivity contribution in [3.63, 3.8) is 0 Å². The lowest BCUT2D eigenvalue weighted by molar-refractivity contribution is 0.0970. The van der Waals surface area contributed by atoms with Crippen LogP contribution in [0, 0.1) is 6.92 Å². The van der Waals surface area contributed by atoms with Crippen molar-refractivity contribution in [3.05, 3.63) is 178 Å². The molecule has 1 aliphatic heterocycles. The van der Waals surface area contributed by atoms with Gasteiger partial charge in [-0.1, -0.05) is 121 Å². The smallest absolute Gasteiger partial charge is 0.259 e. The second kappa shape index (κ2) is 10.4. The van der Waals surface area contributed by atoms with Gasteiger partial charge in [-0.25, -0.2) is 0 Å². The van der Waals surface area contributed by atoms with Crippen LogP contribution in [-0.4, -0.2) is 11.4 Å². The fraction of sp³-hybridized carbons (Fsp3) is 0.154. The zero-order valence-corrected chi connectivity index (χ0v) is 24.1. The molecule has 5 aromatic carbocycles. The van der Waals surface area contributed by atoms with Gasteiger partial charge in [-0.15, -0.1) is 0 Å². The van der Waals surface area contributed by atoms with E-state index < -0.39 is 11.0 Å². The Morgan fingerprint density at radius 1 is 0.610 bits per heavy atom. The summed E-state index contributed by atoms with van der Waals surface area (Å²) in [6.45, 7) is 8.43. The number of benzene rings is 5. The lowest BCUT2D eigenvalue weighted by Crippen LogP contribution is -2.49. The van der Waals surface area contributed by atoms with E-state index in [1.807, 2.05) is 36.1 Å². The summed E-state index contributed by atoms with van der Waals surface area (Å²) in [7, 11) is 0. The normalized spacial score (nSPS) is 14.2. The molecule has 1 heterocycles. The average Bonchev–Trinajstić information content (AvgIpc) is 2.99. The summed E-state index contributed by atoms with van der Waals surface area (Å²) in [4.78, 5) is 16.0. The van der Waals surface area contributed by atoms with E-state index in [1.54, 1.807) is 0 Å². The highest BCUT2D eigenvalue weighted by Crippen LogP contribution is 2.48. The van der Waals surface area contributed by atoms with Gasteiger partial charge in [0, 0.05) is 11.1 Å². The molecule has 0 aliphatic carbocycles. The lowest BCUT2D eigenvalue weighted by atomic mass is 9.64. The first kappa shape index (κ1) is 26.5. The third kappa shape index (κ3) is 4.50. The van der Waals surface area contributed by atoms with Crippen LogP contribution in [-0.2, 0) is 5.41 Å². The molecule has 0 bridgehead atoms. The molecule has 41 heavy (non-hydrogen) atoms. The van der Waals surface area contributed by atoms with Crippen molar-refractivity contribution in [2.75, 3.05) is 4.90 Å². The Morgan fingerprint density at radius 2 is 1.10 bits per heavy atom. The van der Waals surface area contributed by atoms with E-state index in [2.05, 4.69) is 136 Å². The van der Waals surface area contributed by atoms with Gasteiger partial charge in [-0.2, -0.15) is 0 Å². The Balaban J connectivity index is 1.61. The van der Waals surface area contributed by atoms with E-state index in [-0.39, 0.29) is 5.91 Å². The first-order valence-electron chi connectivity index (χ1n) is 14.2. The van der Waals surface area contributed by atoms with Gasteiger partial charge >= 0.3 is 0 Å².